The molecule has 0 atom stereocenters. The molecular formula is C10H10FN3O. The van der Waals surface area contributed by atoms with Crippen LogP contribution in [0.2, 0.25) is 0 Å². The number of halogens is 1. The number of aromatic nitrogens is 3. The van der Waals surface area contributed by atoms with Crippen molar-refractivity contribution in [3.8, 4) is 5.69 Å². The van der Waals surface area contributed by atoms with E-state index in [0.29, 0.717) is 17.3 Å². The molecular weight excluding hydrogens is 197 g/mol. The summed E-state index contributed by atoms with van der Waals surface area (Å²) < 4.78 is 14.2. The van der Waals surface area contributed by atoms with E-state index in [2.05, 4.69) is 10.1 Å². The van der Waals surface area contributed by atoms with Gasteiger partial charge >= 0.3 is 0 Å². The van der Waals surface area contributed by atoms with Crippen molar-refractivity contribution in [3.05, 3.63) is 41.7 Å². The average molecular weight is 207 g/mol. The third-order valence-corrected chi connectivity index (χ3v) is 1.99. The molecule has 1 heterocycles. The van der Waals surface area contributed by atoms with Crippen molar-refractivity contribution in [2.75, 3.05) is 0 Å². The van der Waals surface area contributed by atoms with E-state index in [1.807, 2.05) is 0 Å². The smallest absolute Gasteiger partial charge is 0.158 e. The Hall–Kier alpha value is -1.75. The number of aryl methyl sites for hydroxylation is 1. The second-order valence-corrected chi connectivity index (χ2v) is 3.12. The summed E-state index contributed by atoms with van der Waals surface area (Å²) in [6, 6.07) is 5.85. The number of nitrogens with zero attached hydrogens (tertiary/aromatic N) is 3. The fraction of sp³-hybridized carbons (Fsp3) is 0.200. The molecule has 4 nitrogen and oxygen atoms in total. The summed E-state index contributed by atoms with van der Waals surface area (Å²) in [5, 5.41) is 13.2. The number of hydrogen-bond donors (Lipinski definition) is 1. The van der Waals surface area contributed by atoms with Crippen LogP contribution < -0.4 is 0 Å². The summed E-state index contributed by atoms with van der Waals surface area (Å²) in [7, 11) is 0. The van der Waals surface area contributed by atoms with Gasteiger partial charge in [0.25, 0.3) is 0 Å². The number of rotatable bonds is 2. The minimum atomic E-state index is -0.305. The lowest BCUT2D eigenvalue weighted by Gasteiger charge is -2.02. The quantitative estimate of drug-likeness (QED) is 0.805. The molecule has 78 valence electrons. The van der Waals surface area contributed by atoms with Crippen molar-refractivity contribution in [1.82, 2.24) is 14.8 Å². The lowest BCUT2D eigenvalue weighted by atomic mass is 10.3. The normalized spacial score (nSPS) is 10.6. The van der Waals surface area contributed by atoms with Crippen molar-refractivity contribution in [2.24, 2.45) is 0 Å². The highest BCUT2D eigenvalue weighted by Gasteiger charge is 2.07. The molecule has 0 aliphatic carbocycles. The minimum absolute atomic E-state index is 0.196. The van der Waals surface area contributed by atoms with Gasteiger partial charge in [-0.25, -0.2) is 14.1 Å². The number of hydrogen-bond acceptors (Lipinski definition) is 3. The fourth-order valence-electron chi connectivity index (χ4n) is 1.35. The minimum Gasteiger partial charge on any atom is -0.388 e. The maximum atomic E-state index is 12.7. The lowest BCUT2D eigenvalue weighted by molar-refractivity contribution is 0.268. The molecule has 0 saturated carbocycles. The van der Waals surface area contributed by atoms with Crippen LogP contribution in [0.3, 0.4) is 0 Å². The van der Waals surface area contributed by atoms with E-state index in [1.54, 1.807) is 19.1 Å². The van der Waals surface area contributed by atoms with Crippen molar-refractivity contribution in [3.63, 3.8) is 0 Å². The van der Waals surface area contributed by atoms with Gasteiger partial charge in [-0.2, -0.15) is 5.10 Å². The van der Waals surface area contributed by atoms with Crippen LogP contribution in [0, 0.1) is 12.7 Å². The second kappa shape index (κ2) is 3.78. The van der Waals surface area contributed by atoms with Crippen LogP contribution in [0.25, 0.3) is 5.69 Å². The monoisotopic (exact) mass is 207 g/mol. The van der Waals surface area contributed by atoms with Crippen LogP contribution in [0.1, 0.15) is 11.6 Å². The predicted molar refractivity (Wildman–Crippen MR) is 52.0 cm³/mol. The first-order valence-electron chi connectivity index (χ1n) is 4.50. The van der Waals surface area contributed by atoms with Gasteiger partial charge in [-0.1, -0.05) is 0 Å². The molecule has 0 unspecified atom stereocenters. The third-order valence-electron chi connectivity index (χ3n) is 1.99. The van der Waals surface area contributed by atoms with Gasteiger partial charge in [0.05, 0.1) is 5.69 Å². The molecule has 1 aromatic heterocycles. The highest BCUT2D eigenvalue weighted by Crippen LogP contribution is 2.10. The second-order valence-electron chi connectivity index (χ2n) is 3.12. The van der Waals surface area contributed by atoms with E-state index < -0.39 is 0 Å². The Morgan fingerprint density at radius 2 is 2.00 bits per heavy atom. The molecule has 0 spiro atoms. The molecule has 0 aliphatic rings. The number of aliphatic hydroxyl groups is 1. The summed E-state index contributed by atoms with van der Waals surface area (Å²) in [6.45, 7) is 1.54. The zero-order chi connectivity index (χ0) is 10.8. The maximum absolute atomic E-state index is 12.7. The maximum Gasteiger partial charge on any atom is 0.158 e. The molecule has 2 aromatic rings. The highest BCUT2D eigenvalue weighted by molar-refractivity contribution is 5.31. The van der Waals surface area contributed by atoms with E-state index >= 15 is 0 Å². The zero-order valence-corrected chi connectivity index (χ0v) is 8.18. The molecule has 0 saturated heterocycles. The zero-order valence-electron chi connectivity index (χ0n) is 8.18. The largest absolute Gasteiger partial charge is 0.388 e. The van der Waals surface area contributed by atoms with Gasteiger partial charge in [-0.15, -0.1) is 0 Å². The van der Waals surface area contributed by atoms with Gasteiger partial charge < -0.3 is 5.11 Å². The Balaban J connectivity index is 2.48. The van der Waals surface area contributed by atoms with E-state index in [4.69, 9.17) is 5.11 Å². The molecule has 2 rings (SSSR count). The van der Waals surface area contributed by atoms with Crippen molar-refractivity contribution >= 4 is 0 Å². The van der Waals surface area contributed by atoms with Crippen molar-refractivity contribution in [1.29, 1.82) is 0 Å². The average Bonchev–Trinajstić information content (AvgIpc) is 2.61. The summed E-state index contributed by atoms with van der Waals surface area (Å²) in [5.41, 5.74) is 0.682. The van der Waals surface area contributed by atoms with Crippen molar-refractivity contribution < 1.29 is 9.50 Å². The van der Waals surface area contributed by atoms with Crippen LogP contribution in [-0.2, 0) is 6.61 Å². The standard InChI is InChI=1S/C10H10FN3O/c1-7-12-10(6-15)14(13-7)9-4-2-8(11)3-5-9/h2-5,15H,6H2,1H3. The molecule has 1 aromatic carbocycles. The van der Waals surface area contributed by atoms with Gasteiger partial charge in [0, 0.05) is 0 Å². The van der Waals surface area contributed by atoms with Crippen LogP contribution in [0.5, 0.6) is 0 Å². The van der Waals surface area contributed by atoms with Gasteiger partial charge in [0.2, 0.25) is 0 Å². The SMILES string of the molecule is Cc1nc(CO)n(-c2ccc(F)cc2)n1. The Morgan fingerprint density at radius 1 is 1.33 bits per heavy atom. The van der Waals surface area contributed by atoms with Gasteiger partial charge in [-0.3, -0.25) is 0 Å². The Bertz CT molecular complexity index is 464. The molecule has 0 amide bonds. The summed E-state index contributed by atoms with van der Waals surface area (Å²) in [5.74, 6) is 0.712. The van der Waals surface area contributed by atoms with Crippen molar-refractivity contribution in [2.45, 2.75) is 13.5 Å². The predicted octanol–water partition coefficient (Wildman–Crippen LogP) is 1.21. The molecule has 5 heteroatoms. The van der Waals surface area contributed by atoms with E-state index in [9.17, 15) is 4.39 Å². The first-order chi connectivity index (χ1) is 7.20. The molecule has 15 heavy (non-hydrogen) atoms. The molecule has 1 N–H and O–H groups in total. The third kappa shape index (κ3) is 1.87. The van der Waals surface area contributed by atoms with Crippen LogP contribution in [0.15, 0.2) is 24.3 Å². The number of benzene rings is 1. The van der Waals surface area contributed by atoms with Gasteiger partial charge in [0.15, 0.2) is 5.82 Å². The topological polar surface area (TPSA) is 50.9 Å². The Labute approximate surface area is 86.0 Å². The molecule has 0 fully saturated rings. The summed E-state index contributed by atoms with van der Waals surface area (Å²) in [6.07, 6.45) is 0. The Morgan fingerprint density at radius 3 is 2.60 bits per heavy atom. The molecule has 0 radical (unpaired) electrons. The summed E-state index contributed by atoms with van der Waals surface area (Å²) >= 11 is 0. The van der Waals surface area contributed by atoms with E-state index in [-0.39, 0.29) is 12.4 Å². The Kier molecular flexibility index (Phi) is 2.47. The van der Waals surface area contributed by atoms with E-state index in [0.717, 1.165) is 0 Å². The summed E-state index contributed by atoms with van der Waals surface area (Å²) in [4.78, 5) is 4.04. The highest BCUT2D eigenvalue weighted by atomic mass is 19.1. The first kappa shape index (κ1) is 9.79. The van der Waals surface area contributed by atoms with Crippen LogP contribution in [-0.4, -0.2) is 19.9 Å². The lowest BCUT2D eigenvalue weighted by Crippen LogP contribution is -2.02. The fourth-order valence-corrected chi connectivity index (χ4v) is 1.35. The van der Waals surface area contributed by atoms with Gasteiger partial charge in [-0.05, 0) is 31.2 Å². The first-order valence-corrected chi connectivity index (χ1v) is 4.50. The van der Waals surface area contributed by atoms with E-state index in [1.165, 1.54) is 16.8 Å². The number of aliphatic hydroxyl groups excluding tert-OH is 1. The van der Waals surface area contributed by atoms with Crippen LogP contribution >= 0.6 is 0 Å². The molecule has 0 aliphatic heterocycles. The van der Waals surface area contributed by atoms with Gasteiger partial charge in [0.1, 0.15) is 18.2 Å². The molecule has 0 bridgehead atoms. The van der Waals surface area contributed by atoms with Crippen LogP contribution in [0.4, 0.5) is 4.39 Å².